The summed E-state index contributed by atoms with van der Waals surface area (Å²) in [5.41, 5.74) is 3.34. The highest BCUT2D eigenvalue weighted by atomic mass is 16.2. The van der Waals surface area contributed by atoms with E-state index in [4.69, 9.17) is 0 Å². The van der Waals surface area contributed by atoms with Crippen LogP contribution in [-0.4, -0.2) is 30.4 Å². The first kappa shape index (κ1) is 16.2. The standard InChI is InChI=1S/C19H21N3O2/c1-13-12-22(18(23)10-15-9-8-14(2)20-11-15)17-7-5-4-6-16(17)21(3)19(13)24/h4-9,11,13H,10,12H2,1-3H3. The number of aryl methyl sites for hydroxylation is 1. The molecule has 124 valence electrons. The zero-order valence-corrected chi connectivity index (χ0v) is 14.2. The molecule has 0 fully saturated rings. The largest absolute Gasteiger partial charge is 0.313 e. The van der Waals surface area contributed by atoms with E-state index in [1.807, 2.05) is 50.2 Å². The first-order valence-electron chi connectivity index (χ1n) is 8.06. The van der Waals surface area contributed by atoms with Gasteiger partial charge in [0, 0.05) is 25.5 Å². The fourth-order valence-corrected chi connectivity index (χ4v) is 2.98. The molecule has 1 aliphatic heterocycles. The molecule has 2 heterocycles. The third-order valence-electron chi connectivity index (χ3n) is 4.37. The van der Waals surface area contributed by atoms with E-state index in [1.165, 1.54) is 0 Å². The molecule has 0 saturated heterocycles. The number of rotatable bonds is 2. The summed E-state index contributed by atoms with van der Waals surface area (Å²) in [5, 5.41) is 0. The average molecular weight is 323 g/mol. The van der Waals surface area contributed by atoms with E-state index in [0.717, 1.165) is 22.6 Å². The Hall–Kier alpha value is -2.69. The van der Waals surface area contributed by atoms with E-state index >= 15 is 0 Å². The van der Waals surface area contributed by atoms with Gasteiger partial charge in [0.05, 0.1) is 23.7 Å². The second kappa shape index (κ2) is 6.43. The number of aromatic nitrogens is 1. The number of hydrogen-bond donors (Lipinski definition) is 0. The summed E-state index contributed by atoms with van der Waals surface area (Å²) >= 11 is 0. The summed E-state index contributed by atoms with van der Waals surface area (Å²) < 4.78 is 0. The third kappa shape index (κ3) is 3.02. The van der Waals surface area contributed by atoms with E-state index in [-0.39, 0.29) is 24.2 Å². The number of fused-ring (bicyclic) bond motifs is 1. The highest BCUT2D eigenvalue weighted by Gasteiger charge is 2.31. The van der Waals surface area contributed by atoms with Gasteiger partial charge in [0.2, 0.25) is 11.8 Å². The van der Waals surface area contributed by atoms with Gasteiger partial charge in [-0.05, 0) is 30.7 Å². The minimum atomic E-state index is -0.248. The zero-order chi connectivity index (χ0) is 17.3. The van der Waals surface area contributed by atoms with Gasteiger partial charge in [-0.15, -0.1) is 0 Å². The molecular weight excluding hydrogens is 302 g/mol. The molecule has 1 aliphatic rings. The lowest BCUT2D eigenvalue weighted by Crippen LogP contribution is -2.37. The second-order valence-corrected chi connectivity index (χ2v) is 6.28. The second-order valence-electron chi connectivity index (χ2n) is 6.28. The molecule has 2 amide bonds. The van der Waals surface area contributed by atoms with E-state index in [2.05, 4.69) is 4.98 Å². The van der Waals surface area contributed by atoms with Gasteiger partial charge in [-0.2, -0.15) is 0 Å². The number of anilines is 2. The lowest BCUT2D eigenvalue weighted by atomic mass is 10.1. The van der Waals surface area contributed by atoms with Crippen molar-refractivity contribution in [1.82, 2.24) is 4.98 Å². The summed E-state index contributed by atoms with van der Waals surface area (Å²) in [4.78, 5) is 33.0. The molecule has 0 saturated carbocycles. The molecule has 0 aliphatic carbocycles. The van der Waals surface area contributed by atoms with E-state index in [1.54, 1.807) is 23.0 Å². The van der Waals surface area contributed by atoms with Gasteiger partial charge in [0.25, 0.3) is 0 Å². The lowest BCUT2D eigenvalue weighted by molar-refractivity contribution is -0.121. The normalized spacial score (nSPS) is 17.5. The van der Waals surface area contributed by atoms with Gasteiger partial charge in [0.1, 0.15) is 0 Å². The predicted octanol–water partition coefficient (Wildman–Crippen LogP) is 2.58. The Kier molecular flexibility index (Phi) is 4.34. The van der Waals surface area contributed by atoms with Crippen LogP contribution in [0.4, 0.5) is 11.4 Å². The maximum atomic E-state index is 12.9. The molecule has 0 bridgehead atoms. The van der Waals surface area contributed by atoms with E-state index in [9.17, 15) is 9.59 Å². The van der Waals surface area contributed by atoms with Gasteiger partial charge in [-0.1, -0.05) is 25.1 Å². The molecule has 5 nitrogen and oxygen atoms in total. The first-order chi connectivity index (χ1) is 11.5. The number of carbonyl (C=O) groups is 2. The van der Waals surface area contributed by atoms with Crippen LogP contribution in [0, 0.1) is 12.8 Å². The van der Waals surface area contributed by atoms with Crippen molar-refractivity contribution in [3.05, 3.63) is 53.9 Å². The monoisotopic (exact) mass is 323 g/mol. The fraction of sp³-hybridized carbons (Fsp3) is 0.316. The summed E-state index contributed by atoms with van der Waals surface area (Å²) in [7, 11) is 1.76. The van der Waals surface area contributed by atoms with Crippen molar-refractivity contribution >= 4 is 23.2 Å². The van der Waals surface area contributed by atoms with Crippen molar-refractivity contribution in [3.63, 3.8) is 0 Å². The molecule has 2 aromatic rings. The van der Waals surface area contributed by atoms with Crippen molar-refractivity contribution in [2.45, 2.75) is 20.3 Å². The highest BCUT2D eigenvalue weighted by molar-refractivity contribution is 6.05. The van der Waals surface area contributed by atoms with E-state index in [0.29, 0.717) is 6.54 Å². The number of amides is 2. The number of hydrogen-bond acceptors (Lipinski definition) is 3. The highest BCUT2D eigenvalue weighted by Crippen LogP contribution is 2.33. The van der Waals surface area contributed by atoms with Crippen molar-refractivity contribution in [2.75, 3.05) is 23.4 Å². The van der Waals surface area contributed by atoms with Crippen LogP contribution < -0.4 is 9.80 Å². The lowest BCUT2D eigenvalue weighted by Gasteiger charge is -2.24. The van der Waals surface area contributed by atoms with Gasteiger partial charge in [-0.25, -0.2) is 0 Å². The number of para-hydroxylation sites is 2. The maximum absolute atomic E-state index is 12.9. The maximum Gasteiger partial charge on any atom is 0.231 e. The van der Waals surface area contributed by atoms with E-state index < -0.39 is 0 Å². The van der Waals surface area contributed by atoms with Crippen LogP contribution in [0.5, 0.6) is 0 Å². The molecule has 1 aromatic carbocycles. The van der Waals surface area contributed by atoms with Gasteiger partial charge >= 0.3 is 0 Å². The number of pyridine rings is 1. The summed E-state index contributed by atoms with van der Waals surface area (Å²) in [6.07, 6.45) is 2.00. The van der Waals surface area contributed by atoms with Crippen LogP contribution in [0.3, 0.4) is 0 Å². The molecule has 1 unspecified atom stereocenters. The third-order valence-corrected chi connectivity index (χ3v) is 4.37. The Morgan fingerprint density at radius 2 is 1.92 bits per heavy atom. The Morgan fingerprint density at radius 3 is 2.58 bits per heavy atom. The zero-order valence-electron chi connectivity index (χ0n) is 14.2. The molecule has 0 spiro atoms. The van der Waals surface area contributed by atoms with Crippen LogP contribution in [-0.2, 0) is 16.0 Å². The Morgan fingerprint density at radius 1 is 1.21 bits per heavy atom. The van der Waals surface area contributed by atoms with Crippen molar-refractivity contribution in [3.8, 4) is 0 Å². The van der Waals surface area contributed by atoms with Gasteiger partial charge in [0.15, 0.2) is 0 Å². The smallest absolute Gasteiger partial charge is 0.231 e. The average Bonchev–Trinajstić information content (AvgIpc) is 2.68. The molecule has 3 rings (SSSR count). The molecule has 1 atom stereocenters. The van der Waals surface area contributed by atoms with Gasteiger partial charge in [-0.3, -0.25) is 14.6 Å². The summed E-state index contributed by atoms with van der Waals surface area (Å²) in [6, 6.07) is 11.4. The number of nitrogens with zero attached hydrogens (tertiary/aromatic N) is 3. The quantitative estimate of drug-likeness (QED) is 0.853. The Balaban J connectivity index is 1.93. The summed E-state index contributed by atoms with van der Waals surface area (Å²) in [5.74, 6) is -0.250. The van der Waals surface area contributed by atoms with Crippen LogP contribution in [0.1, 0.15) is 18.2 Å². The Bertz CT molecular complexity index is 770. The first-order valence-corrected chi connectivity index (χ1v) is 8.06. The van der Waals surface area contributed by atoms with Crippen molar-refractivity contribution in [2.24, 2.45) is 5.92 Å². The van der Waals surface area contributed by atoms with Crippen LogP contribution in [0.25, 0.3) is 0 Å². The van der Waals surface area contributed by atoms with Crippen LogP contribution in [0.2, 0.25) is 0 Å². The van der Waals surface area contributed by atoms with Gasteiger partial charge < -0.3 is 9.80 Å². The molecule has 5 heteroatoms. The minimum absolute atomic E-state index is 0.0229. The van der Waals surface area contributed by atoms with Crippen LogP contribution in [0.15, 0.2) is 42.6 Å². The fourth-order valence-electron chi connectivity index (χ4n) is 2.98. The predicted molar refractivity (Wildman–Crippen MR) is 94.0 cm³/mol. The molecule has 1 aromatic heterocycles. The number of benzene rings is 1. The molecular formula is C19H21N3O2. The molecule has 24 heavy (non-hydrogen) atoms. The van der Waals surface area contributed by atoms with Crippen molar-refractivity contribution in [1.29, 1.82) is 0 Å². The van der Waals surface area contributed by atoms with Crippen LogP contribution >= 0.6 is 0 Å². The summed E-state index contributed by atoms with van der Waals surface area (Å²) in [6.45, 7) is 4.16. The SMILES string of the molecule is Cc1ccc(CC(=O)N2CC(C)C(=O)N(C)c3ccccc32)cn1. The molecule has 0 N–H and O–H groups in total. The number of carbonyl (C=O) groups excluding carboxylic acids is 2. The van der Waals surface area contributed by atoms with Crippen molar-refractivity contribution < 1.29 is 9.59 Å². The Labute approximate surface area is 141 Å². The topological polar surface area (TPSA) is 53.5 Å². The molecule has 0 radical (unpaired) electrons. The minimum Gasteiger partial charge on any atom is -0.313 e.